The predicted octanol–water partition coefficient (Wildman–Crippen LogP) is 0.704. The van der Waals surface area contributed by atoms with Crippen molar-refractivity contribution in [3.8, 4) is 0 Å². The highest BCUT2D eigenvalue weighted by molar-refractivity contribution is 5.81. The molecule has 0 unspecified atom stereocenters. The van der Waals surface area contributed by atoms with Crippen molar-refractivity contribution in [2.75, 3.05) is 20.1 Å². The molecule has 1 rings (SSSR count). The van der Waals surface area contributed by atoms with E-state index >= 15 is 0 Å². The van der Waals surface area contributed by atoms with Crippen molar-refractivity contribution in [3.05, 3.63) is 30.1 Å². The van der Waals surface area contributed by atoms with Gasteiger partial charge in [-0.2, -0.15) is 0 Å². The second-order valence-electron chi connectivity index (χ2n) is 4.97. The Labute approximate surface area is 126 Å². The Kier molecular flexibility index (Phi) is 7.86. The summed E-state index contributed by atoms with van der Waals surface area (Å²) >= 11 is 0. The van der Waals surface area contributed by atoms with Gasteiger partial charge in [0.1, 0.15) is 0 Å². The number of aliphatic imine (C=N–C) groups is 1. The van der Waals surface area contributed by atoms with Gasteiger partial charge in [-0.15, -0.1) is 0 Å². The van der Waals surface area contributed by atoms with Gasteiger partial charge in [0.25, 0.3) is 0 Å². The van der Waals surface area contributed by atoms with Crippen LogP contribution in [0.15, 0.2) is 29.4 Å². The topological polar surface area (TPSA) is 78.4 Å². The third-order valence-corrected chi connectivity index (χ3v) is 2.72. The van der Waals surface area contributed by atoms with Crippen LogP contribution in [0.25, 0.3) is 0 Å². The van der Waals surface area contributed by atoms with E-state index in [1.54, 1.807) is 13.2 Å². The Balaban J connectivity index is 2.19. The van der Waals surface area contributed by atoms with Crippen LogP contribution < -0.4 is 16.0 Å². The minimum absolute atomic E-state index is 0.0430. The molecular formula is C15H25N5O. The molecule has 116 valence electrons. The largest absolute Gasteiger partial charge is 0.356 e. The van der Waals surface area contributed by atoms with Crippen LogP contribution in [0.5, 0.6) is 0 Å². The van der Waals surface area contributed by atoms with Gasteiger partial charge in [-0.3, -0.25) is 14.8 Å². The molecule has 6 nitrogen and oxygen atoms in total. The first kappa shape index (κ1) is 16.9. The molecule has 0 saturated carbocycles. The lowest BCUT2D eigenvalue weighted by molar-refractivity contribution is -0.121. The predicted molar refractivity (Wildman–Crippen MR) is 85.2 cm³/mol. The lowest BCUT2D eigenvalue weighted by Crippen LogP contribution is -2.40. The summed E-state index contributed by atoms with van der Waals surface area (Å²) in [5.41, 5.74) is 1.04. The van der Waals surface area contributed by atoms with E-state index in [4.69, 9.17) is 0 Å². The average Bonchev–Trinajstić information content (AvgIpc) is 2.46. The lowest BCUT2D eigenvalue weighted by atomic mass is 10.3. The summed E-state index contributed by atoms with van der Waals surface area (Å²) in [6.45, 7) is 5.20. The zero-order valence-electron chi connectivity index (χ0n) is 13.0. The van der Waals surface area contributed by atoms with E-state index in [1.807, 2.05) is 32.0 Å². The number of aromatic nitrogens is 1. The number of carbonyl (C=O) groups is 1. The number of nitrogens with zero attached hydrogens (tertiary/aromatic N) is 2. The van der Waals surface area contributed by atoms with Crippen molar-refractivity contribution in [1.82, 2.24) is 20.9 Å². The van der Waals surface area contributed by atoms with Crippen LogP contribution in [0.1, 0.15) is 26.0 Å². The Hall–Kier alpha value is -2.11. The van der Waals surface area contributed by atoms with E-state index in [-0.39, 0.29) is 11.9 Å². The summed E-state index contributed by atoms with van der Waals surface area (Å²) < 4.78 is 0. The number of rotatable bonds is 7. The highest BCUT2D eigenvalue weighted by Crippen LogP contribution is 1.92. The van der Waals surface area contributed by atoms with E-state index in [9.17, 15) is 4.79 Å². The number of amides is 1. The highest BCUT2D eigenvalue weighted by atomic mass is 16.1. The Bertz CT molecular complexity index is 445. The number of nitrogens with one attached hydrogen (secondary N) is 3. The summed E-state index contributed by atoms with van der Waals surface area (Å²) in [7, 11) is 1.71. The molecule has 6 heteroatoms. The molecule has 0 bridgehead atoms. The summed E-state index contributed by atoms with van der Waals surface area (Å²) in [6, 6.07) is 6.05. The molecule has 0 atom stereocenters. The first-order valence-corrected chi connectivity index (χ1v) is 7.25. The molecule has 0 aliphatic carbocycles. The molecule has 0 radical (unpaired) electrons. The van der Waals surface area contributed by atoms with Crippen molar-refractivity contribution >= 4 is 11.9 Å². The van der Waals surface area contributed by atoms with Gasteiger partial charge in [0.2, 0.25) is 5.91 Å². The van der Waals surface area contributed by atoms with Crippen LogP contribution in [0.2, 0.25) is 0 Å². The van der Waals surface area contributed by atoms with E-state index in [0.29, 0.717) is 18.9 Å². The summed E-state index contributed by atoms with van der Waals surface area (Å²) in [6.07, 6.45) is 3.05. The summed E-state index contributed by atoms with van der Waals surface area (Å²) in [4.78, 5) is 19.9. The Morgan fingerprint density at radius 1 is 1.29 bits per heavy atom. The molecule has 0 spiro atoms. The smallest absolute Gasteiger partial charge is 0.221 e. The van der Waals surface area contributed by atoms with Crippen LogP contribution in [-0.2, 0) is 11.2 Å². The number of pyridine rings is 1. The third-order valence-electron chi connectivity index (χ3n) is 2.72. The second-order valence-corrected chi connectivity index (χ2v) is 4.97. The maximum atomic E-state index is 11.5. The average molecular weight is 291 g/mol. The SMILES string of the molecule is CN=C(NCCC(=O)NC(C)C)NCCc1ccccn1. The summed E-state index contributed by atoms with van der Waals surface area (Å²) in [5.74, 6) is 0.740. The second kappa shape index (κ2) is 9.74. The molecule has 0 aliphatic heterocycles. The normalized spacial score (nSPS) is 11.3. The van der Waals surface area contributed by atoms with Gasteiger partial charge in [-0.05, 0) is 26.0 Å². The molecule has 0 saturated heterocycles. The van der Waals surface area contributed by atoms with Gasteiger partial charge in [-0.1, -0.05) is 6.07 Å². The molecule has 1 aromatic heterocycles. The van der Waals surface area contributed by atoms with E-state index in [2.05, 4.69) is 25.9 Å². The van der Waals surface area contributed by atoms with Crippen molar-refractivity contribution in [1.29, 1.82) is 0 Å². The van der Waals surface area contributed by atoms with Crippen LogP contribution in [-0.4, -0.2) is 43.0 Å². The molecule has 1 aromatic rings. The minimum Gasteiger partial charge on any atom is -0.356 e. The van der Waals surface area contributed by atoms with Crippen molar-refractivity contribution in [2.24, 2.45) is 4.99 Å². The minimum atomic E-state index is 0.0430. The highest BCUT2D eigenvalue weighted by Gasteiger charge is 2.03. The van der Waals surface area contributed by atoms with Gasteiger partial charge in [0.15, 0.2) is 5.96 Å². The van der Waals surface area contributed by atoms with Crippen molar-refractivity contribution < 1.29 is 4.79 Å². The molecule has 1 heterocycles. The number of hydrogen-bond acceptors (Lipinski definition) is 3. The van der Waals surface area contributed by atoms with Crippen LogP contribution in [0.3, 0.4) is 0 Å². The monoisotopic (exact) mass is 291 g/mol. The quantitative estimate of drug-likeness (QED) is 0.510. The molecule has 0 fully saturated rings. The van der Waals surface area contributed by atoms with Crippen molar-refractivity contribution in [2.45, 2.75) is 32.7 Å². The molecule has 21 heavy (non-hydrogen) atoms. The summed E-state index contributed by atoms with van der Waals surface area (Å²) in [5, 5.41) is 9.17. The van der Waals surface area contributed by atoms with E-state index in [1.165, 1.54) is 0 Å². The number of guanidine groups is 1. The van der Waals surface area contributed by atoms with Gasteiger partial charge in [0, 0.05) is 50.9 Å². The lowest BCUT2D eigenvalue weighted by Gasteiger charge is -2.12. The standard InChI is InChI=1S/C15H25N5O/c1-12(2)20-14(21)8-11-19-15(16-3)18-10-7-13-6-4-5-9-17-13/h4-6,9,12H,7-8,10-11H2,1-3H3,(H,20,21)(H2,16,18,19). The van der Waals surface area contributed by atoms with Crippen molar-refractivity contribution in [3.63, 3.8) is 0 Å². The molecule has 0 aromatic carbocycles. The Morgan fingerprint density at radius 3 is 2.67 bits per heavy atom. The fraction of sp³-hybridized carbons (Fsp3) is 0.533. The number of carbonyl (C=O) groups excluding carboxylic acids is 1. The van der Waals surface area contributed by atoms with E-state index in [0.717, 1.165) is 18.7 Å². The third kappa shape index (κ3) is 7.91. The molecule has 3 N–H and O–H groups in total. The first-order valence-electron chi connectivity index (χ1n) is 7.25. The van der Waals surface area contributed by atoms with E-state index < -0.39 is 0 Å². The molecule has 1 amide bonds. The molecular weight excluding hydrogens is 266 g/mol. The zero-order valence-corrected chi connectivity index (χ0v) is 13.0. The fourth-order valence-electron chi connectivity index (χ4n) is 1.76. The van der Waals surface area contributed by atoms with Crippen LogP contribution in [0, 0.1) is 0 Å². The molecule has 0 aliphatic rings. The van der Waals surface area contributed by atoms with Gasteiger partial charge in [-0.25, -0.2) is 0 Å². The maximum Gasteiger partial charge on any atom is 0.221 e. The number of hydrogen-bond donors (Lipinski definition) is 3. The fourth-order valence-corrected chi connectivity index (χ4v) is 1.76. The Morgan fingerprint density at radius 2 is 2.05 bits per heavy atom. The van der Waals surface area contributed by atoms with Gasteiger partial charge >= 0.3 is 0 Å². The van der Waals surface area contributed by atoms with Gasteiger partial charge in [0.05, 0.1) is 0 Å². The van der Waals surface area contributed by atoms with Crippen LogP contribution >= 0.6 is 0 Å². The first-order chi connectivity index (χ1) is 10.1. The maximum absolute atomic E-state index is 11.5. The van der Waals surface area contributed by atoms with Crippen LogP contribution in [0.4, 0.5) is 0 Å². The van der Waals surface area contributed by atoms with Gasteiger partial charge < -0.3 is 16.0 Å². The zero-order chi connectivity index (χ0) is 15.5.